The molecule has 2 aromatic rings. The lowest BCUT2D eigenvalue weighted by atomic mass is 10.1. The largest absolute Gasteiger partial charge is 0.353 e. The van der Waals surface area contributed by atoms with E-state index >= 15 is 0 Å². The van der Waals surface area contributed by atoms with Crippen LogP contribution in [0.4, 0.5) is 0 Å². The van der Waals surface area contributed by atoms with E-state index in [2.05, 4.69) is 39.9 Å². The molecule has 0 radical (unpaired) electrons. The molecule has 4 rings (SSSR count). The predicted molar refractivity (Wildman–Crippen MR) is 96.2 cm³/mol. The summed E-state index contributed by atoms with van der Waals surface area (Å²) in [7, 11) is 0. The fourth-order valence-electron chi connectivity index (χ4n) is 4.01. The van der Waals surface area contributed by atoms with E-state index < -0.39 is 0 Å². The lowest BCUT2D eigenvalue weighted by molar-refractivity contribution is -0.140. The van der Waals surface area contributed by atoms with Crippen molar-refractivity contribution in [1.29, 1.82) is 0 Å². The lowest BCUT2D eigenvalue weighted by Gasteiger charge is -2.43. The van der Waals surface area contributed by atoms with Gasteiger partial charge in [-0.2, -0.15) is 0 Å². The first-order chi connectivity index (χ1) is 12.1. The minimum atomic E-state index is -0.180. The van der Waals surface area contributed by atoms with Crippen molar-refractivity contribution >= 4 is 22.7 Å². The molecule has 1 atom stereocenters. The van der Waals surface area contributed by atoms with Crippen molar-refractivity contribution in [2.45, 2.75) is 25.9 Å². The van der Waals surface area contributed by atoms with Crippen LogP contribution in [-0.2, 0) is 16.1 Å². The molecule has 1 N–H and O–H groups in total. The van der Waals surface area contributed by atoms with E-state index in [0.29, 0.717) is 32.6 Å². The Morgan fingerprint density at radius 2 is 2.08 bits per heavy atom. The molecule has 25 heavy (non-hydrogen) atoms. The molecule has 6 heteroatoms. The van der Waals surface area contributed by atoms with Crippen LogP contribution < -0.4 is 5.32 Å². The number of rotatable bonds is 3. The summed E-state index contributed by atoms with van der Waals surface area (Å²) in [6, 6.07) is 10.2. The van der Waals surface area contributed by atoms with Gasteiger partial charge in [-0.3, -0.25) is 14.5 Å². The summed E-state index contributed by atoms with van der Waals surface area (Å²) >= 11 is 0. The van der Waals surface area contributed by atoms with Gasteiger partial charge in [0.25, 0.3) is 0 Å². The van der Waals surface area contributed by atoms with Crippen LogP contribution in [0.25, 0.3) is 10.9 Å². The Morgan fingerprint density at radius 1 is 1.24 bits per heavy atom. The maximum Gasteiger partial charge on any atom is 0.239 e. The zero-order chi connectivity index (χ0) is 17.4. The molecule has 6 nitrogen and oxygen atoms in total. The van der Waals surface area contributed by atoms with Crippen molar-refractivity contribution in [2.24, 2.45) is 0 Å². The maximum absolute atomic E-state index is 12.7. The van der Waals surface area contributed by atoms with E-state index in [1.807, 2.05) is 17.0 Å². The van der Waals surface area contributed by atoms with Crippen molar-refractivity contribution in [3.05, 3.63) is 36.0 Å². The Morgan fingerprint density at radius 3 is 2.96 bits per heavy atom. The van der Waals surface area contributed by atoms with Crippen LogP contribution in [0.2, 0.25) is 0 Å². The number of nitrogens with one attached hydrogen (secondary N) is 1. The van der Waals surface area contributed by atoms with Crippen molar-refractivity contribution in [1.82, 2.24) is 19.7 Å². The van der Waals surface area contributed by atoms with Gasteiger partial charge >= 0.3 is 0 Å². The number of carbonyl (C=O) groups excluding carboxylic acids is 2. The number of amides is 2. The Kier molecular flexibility index (Phi) is 4.21. The normalized spacial score (nSPS) is 21.2. The molecule has 1 aromatic carbocycles. The van der Waals surface area contributed by atoms with Crippen LogP contribution in [0.1, 0.15) is 12.1 Å². The SMILES string of the molecule is Cc1cc2ccccc2n1CCC(=O)N1CCN2CCNC(=O)[C@@H]2C1. The van der Waals surface area contributed by atoms with E-state index in [0.717, 1.165) is 13.1 Å². The van der Waals surface area contributed by atoms with E-state index in [1.54, 1.807) is 0 Å². The molecular formula is C19H24N4O2. The monoisotopic (exact) mass is 340 g/mol. The molecule has 2 aliphatic heterocycles. The minimum Gasteiger partial charge on any atom is -0.353 e. The average Bonchev–Trinajstić information content (AvgIpc) is 2.95. The molecule has 0 unspecified atom stereocenters. The minimum absolute atomic E-state index is 0.0519. The van der Waals surface area contributed by atoms with Crippen LogP contribution in [-0.4, -0.2) is 64.9 Å². The first-order valence-corrected chi connectivity index (χ1v) is 8.98. The number of aryl methyl sites for hydroxylation is 2. The van der Waals surface area contributed by atoms with Gasteiger partial charge in [-0.05, 0) is 24.4 Å². The van der Waals surface area contributed by atoms with Gasteiger partial charge in [0, 0.05) is 56.9 Å². The number of hydrogen-bond donors (Lipinski definition) is 1. The summed E-state index contributed by atoms with van der Waals surface area (Å²) in [6.45, 7) is 6.36. The highest BCUT2D eigenvalue weighted by molar-refractivity contribution is 5.85. The third-order valence-electron chi connectivity index (χ3n) is 5.41. The van der Waals surface area contributed by atoms with Crippen LogP contribution in [0.5, 0.6) is 0 Å². The fraction of sp³-hybridized carbons (Fsp3) is 0.474. The van der Waals surface area contributed by atoms with E-state index in [-0.39, 0.29) is 17.9 Å². The molecule has 0 spiro atoms. The van der Waals surface area contributed by atoms with Gasteiger partial charge in [0.05, 0.1) is 0 Å². The predicted octanol–water partition coefficient (Wildman–Crippen LogP) is 0.982. The van der Waals surface area contributed by atoms with Gasteiger partial charge in [0.1, 0.15) is 6.04 Å². The van der Waals surface area contributed by atoms with Gasteiger partial charge in [-0.1, -0.05) is 18.2 Å². The average molecular weight is 340 g/mol. The molecule has 0 saturated carbocycles. The number of fused-ring (bicyclic) bond motifs is 2. The highest BCUT2D eigenvalue weighted by Gasteiger charge is 2.36. The highest BCUT2D eigenvalue weighted by Crippen LogP contribution is 2.20. The summed E-state index contributed by atoms with van der Waals surface area (Å²) in [5.74, 6) is 0.186. The van der Waals surface area contributed by atoms with Gasteiger partial charge in [0.2, 0.25) is 11.8 Å². The van der Waals surface area contributed by atoms with E-state index in [9.17, 15) is 9.59 Å². The lowest BCUT2D eigenvalue weighted by Crippen LogP contribution is -2.64. The van der Waals surface area contributed by atoms with E-state index in [1.165, 1.54) is 16.6 Å². The third-order valence-corrected chi connectivity index (χ3v) is 5.41. The van der Waals surface area contributed by atoms with Crippen molar-refractivity contribution in [2.75, 3.05) is 32.7 Å². The highest BCUT2D eigenvalue weighted by atomic mass is 16.2. The smallest absolute Gasteiger partial charge is 0.239 e. The molecule has 3 heterocycles. The number of carbonyl (C=O) groups is 2. The fourth-order valence-corrected chi connectivity index (χ4v) is 4.01. The maximum atomic E-state index is 12.7. The first kappa shape index (κ1) is 16.1. The van der Waals surface area contributed by atoms with Crippen molar-refractivity contribution in [3.8, 4) is 0 Å². The van der Waals surface area contributed by atoms with Crippen LogP contribution in [0.3, 0.4) is 0 Å². The Hall–Kier alpha value is -2.34. The Labute approximate surface area is 147 Å². The van der Waals surface area contributed by atoms with Gasteiger partial charge < -0.3 is 14.8 Å². The molecule has 132 valence electrons. The first-order valence-electron chi connectivity index (χ1n) is 8.98. The van der Waals surface area contributed by atoms with Crippen molar-refractivity contribution < 1.29 is 9.59 Å². The zero-order valence-corrected chi connectivity index (χ0v) is 14.6. The Balaban J connectivity index is 1.42. The second kappa shape index (κ2) is 6.52. The summed E-state index contributed by atoms with van der Waals surface area (Å²) in [4.78, 5) is 28.8. The number of nitrogens with zero attached hydrogens (tertiary/aromatic N) is 3. The topological polar surface area (TPSA) is 57.6 Å². The molecule has 2 amide bonds. The number of aromatic nitrogens is 1. The second-order valence-electron chi connectivity index (χ2n) is 6.93. The molecule has 2 saturated heterocycles. The number of para-hydroxylation sites is 1. The quantitative estimate of drug-likeness (QED) is 0.906. The van der Waals surface area contributed by atoms with Gasteiger partial charge in [-0.15, -0.1) is 0 Å². The van der Waals surface area contributed by atoms with Crippen molar-refractivity contribution in [3.63, 3.8) is 0 Å². The molecule has 0 aliphatic carbocycles. The van der Waals surface area contributed by atoms with Crippen LogP contribution >= 0.6 is 0 Å². The number of benzene rings is 1. The zero-order valence-electron chi connectivity index (χ0n) is 14.6. The molecule has 1 aromatic heterocycles. The summed E-state index contributed by atoms with van der Waals surface area (Å²) < 4.78 is 2.21. The molecule has 2 fully saturated rings. The van der Waals surface area contributed by atoms with Gasteiger partial charge in [-0.25, -0.2) is 0 Å². The summed E-state index contributed by atoms with van der Waals surface area (Å²) in [6.07, 6.45) is 0.466. The van der Waals surface area contributed by atoms with Crippen LogP contribution in [0.15, 0.2) is 30.3 Å². The molecular weight excluding hydrogens is 316 g/mol. The second-order valence-corrected chi connectivity index (χ2v) is 6.93. The molecule has 2 aliphatic rings. The third kappa shape index (κ3) is 3.02. The summed E-state index contributed by atoms with van der Waals surface area (Å²) in [5.41, 5.74) is 2.34. The number of hydrogen-bond acceptors (Lipinski definition) is 3. The summed E-state index contributed by atoms with van der Waals surface area (Å²) in [5, 5.41) is 4.11. The molecule has 0 bridgehead atoms. The van der Waals surface area contributed by atoms with Crippen LogP contribution in [0, 0.1) is 6.92 Å². The van der Waals surface area contributed by atoms with E-state index in [4.69, 9.17) is 0 Å². The Bertz CT molecular complexity index is 813. The standard InChI is InChI=1S/C19H24N4O2/c1-14-12-15-4-2-3-5-16(15)23(14)8-6-18(24)22-11-10-21-9-7-20-19(25)17(21)13-22/h2-5,12,17H,6-11,13H2,1H3,(H,20,25)/t17-/m0/s1. The van der Waals surface area contributed by atoms with Gasteiger partial charge in [0.15, 0.2) is 0 Å². The number of piperazine rings is 2.